The van der Waals surface area contributed by atoms with Gasteiger partial charge in [-0.05, 0) is 23.8 Å². The zero-order valence-electron chi connectivity index (χ0n) is 9.05. The number of nitrogens with zero attached hydrogens (tertiary/aromatic N) is 1. The van der Waals surface area contributed by atoms with E-state index in [0.29, 0.717) is 16.5 Å². The molecular weight excluding hydrogens is 304 g/mol. The lowest BCUT2D eigenvalue weighted by Crippen LogP contribution is -2.20. The summed E-state index contributed by atoms with van der Waals surface area (Å²) in [5.41, 5.74) is 2.54. The van der Waals surface area contributed by atoms with Gasteiger partial charge in [0.1, 0.15) is 0 Å². The molecule has 18 heavy (non-hydrogen) atoms. The lowest BCUT2D eigenvalue weighted by molar-refractivity contribution is -0.128. The monoisotopic (exact) mass is 312 g/mol. The van der Waals surface area contributed by atoms with Crippen LogP contribution in [0.5, 0.6) is 0 Å². The van der Waals surface area contributed by atoms with Crippen molar-refractivity contribution in [2.75, 3.05) is 0 Å². The van der Waals surface area contributed by atoms with Gasteiger partial charge in [0, 0.05) is 16.1 Å². The first-order valence-corrected chi connectivity index (χ1v) is 5.78. The van der Waals surface area contributed by atoms with Gasteiger partial charge in [0.15, 0.2) is 0 Å². The highest BCUT2D eigenvalue weighted by Crippen LogP contribution is 2.25. The zero-order chi connectivity index (χ0) is 13.3. The summed E-state index contributed by atoms with van der Waals surface area (Å²) in [6.07, 6.45) is 0.149. The lowest BCUT2D eigenvalue weighted by atomic mass is 10.1. The van der Waals surface area contributed by atoms with E-state index >= 15 is 0 Å². The van der Waals surface area contributed by atoms with Crippen molar-refractivity contribution in [2.45, 2.75) is 6.42 Å². The molecule has 1 aromatic carbocycles. The van der Waals surface area contributed by atoms with Crippen LogP contribution < -0.4 is 5.48 Å². The van der Waals surface area contributed by atoms with Crippen LogP contribution in [0.1, 0.15) is 5.56 Å². The van der Waals surface area contributed by atoms with Gasteiger partial charge in [0.2, 0.25) is 5.91 Å². The predicted octanol–water partition coefficient (Wildman–Crippen LogP) is 1.98. The van der Waals surface area contributed by atoms with Crippen LogP contribution in [-0.4, -0.2) is 26.9 Å². The van der Waals surface area contributed by atoms with Crippen LogP contribution in [0.2, 0.25) is 0 Å². The molecule has 1 heterocycles. The van der Waals surface area contributed by atoms with Gasteiger partial charge >= 0.3 is 6.09 Å². The van der Waals surface area contributed by atoms with Crippen LogP contribution >= 0.6 is 15.9 Å². The Morgan fingerprint density at radius 2 is 2.11 bits per heavy atom. The molecule has 0 radical (unpaired) electrons. The summed E-state index contributed by atoms with van der Waals surface area (Å²) in [5.74, 6) is -0.598. The molecule has 94 valence electrons. The van der Waals surface area contributed by atoms with E-state index in [1.165, 1.54) is 11.7 Å². The molecule has 0 saturated carbocycles. The molecule has 0 aliphatic heterocycles. The number of aromatic nitrogens is 1. The molecule has 0 bridgehead atoms. The number of carbonyl (C=O) groups excluding carboxylic acids is 1. The second kappa shape index (κ2) is 4.79. The molecule has 0 unspecified atom stereocenters. The van der Waals surface area contributed by atoms with E-state index in [1.54, 1.807) is 18.2 Å². The van der Waals surface area contributed by atoms with Gasteiger partial charge in [0.25, 0.3) is 0 Å². The first-order chi connectivity index (χ1) is 8.52. The molecule has 0 aliphatic carbocycles. The van der Waals surface area contributed by atoms with E-state index < -0.39 is 12.0 Å². The average Bonchev–Trinajstić information content (AvgIpc) is 2.67. The van der Waals surface area contributed by atoms with Crippen LogP contribution in [0, 0.1) is 0 Å². The number of carboxylic acid groups (broad SMARTS) is 1. The van der Waals surface area contributed by atoms with Gasteiger partial charge in [-0.15, -0.1) is 0 Å². The summed E-state index contributed by atoms with van der Waals surface area (Å²) < 4.78 is 1.82. The molecule has 0 fully saturated rings. The third-order valence-electron chi connectivity index (χ3n) is 2.53. The third kappa shape index (κ3) is 2.22. The van der Waals surface area contributed by atoms with Gasteiger partial charge in [0.05, 0.1) is 11.9 Å². The van der Waals surface area contributed by atoms with Crippen LogP contribution in [0.25, 0.3) is 10.9 Å². The Hall–Kier alpha value is -1.86. The average molecular weight is 313 g/mol. The summed E-state index contributed by atoms with van der Waals surface area (Å²) in [6, 6.07) is 5.10. The van der Waals surface area contributed by atoms with Crippen molar-refractivity contribution in [3.05, 3.63) is 34.4 Å². The van der Waals surface area contributed by atoms with Crippen molar-refractivity contribution < 1.29 is 19.9 Å². The minimum absolute atomic E-state index is 0.0935. The number of halogens is 1. The summed E-state index contributed by atoms with van der Waals surface area (Å²) in [5, 5.41) is 18.2. The molecule has 1 amide bonds. The quantitative estimate of drug-likeness (QED) is 0.584. The number of carbonyl (C=O) groups is 2. The smallest absolute Gasteiger partial charge is 0.416 e. The van der Waals surface area contributed by atoms with Gasteiger partial charge in [-0.1, -0.05) is 15.9 Å². The number of hydroxylamine groups is 1. The second-order valence-corrected chi connectivity index (χ2v) is 4.60. The minimum Gasteiger partial charge on any atom is -0.464 e. The first kappa shape index (κ1) is 12.6. The maximum absolute atomic E-state index is 11.2. The molecule has 0 aliphatic rings. The standard InChI is InChI=1S/C11H9BrN2O4/c12-7-1-2-9-8(4-7)6(3-10(15)13-18)5-14(9)11(16)17/h1-2,4-5,18H,3H2,(H,13,15)(H,16,17). The SMILES string of the molecule is O=C(Cc1cn(C(=O)O)c2ccc(Br)cc12)NO. The molecule has 1 aromatic heterocycles. The zero-order valence-corrected chi connectivity index (χ0v) is 10.6. The molecular formula is C11H9BrN2O4. The normalized spacial score (nSPS) is 10.6. The van der Waals surface area contributed by atoms with Crippen molar-refractivity contribution in [3.63, 3.8) is 0 Å². The molecule has 6 nitrogen and oxygen atoms in total. The molecule has 7 heteroatoms. The van der Waals surface area contributed by atoms with E-state index in [2.05, 4.69) is 15.9 Å². The van der Waals surface area contributed by atoms with Crippen LogP contribution in [0.3, 0.4) is 0 Å². The largest absolute Gasteiger partial charge is 0.464 e. The van der Waals surface area contributed by atoms with E-state index in [-0.39, 0.29) is 6.42 Å². The summed E-state index contributed by atoms with van der Waals surface area (Å²) in [4.78, 5) is 22.2. The van der Waals surface area contributed by atoms with Crippen molar-refractivity contribution in [1.29, 1.82) is 0 Å². The summed E-state index contributed by atoms with van der Waals surface area (Å²) in [6.45, 7) is 0. The molecule has 2 aromatic rings. The predicted molar refractivity (Wildman–Crippen MR) is 66.7 cm³/mol. The molecule has 3 N–H and O–H groups in total. The second-order valence-electron chi connectivity index (χ2n) is 3.68. The topological polar surface area (TPSA) is 91.6 Å². The van der Waals surface area contributed by atoms with Crippen LogP contribution in [-0.2, 0) is 11.2 Å². The highest BCUT2D eigenvalue weighted by Gasteiger charge is 2.15. The number of amides is 1. The number of hydrogen-bond donors (Lipinski definition) is 3. The maximum atomic E-state index is 11.2. The number of nitrogens with one attached hydrogen (secondary N) is 1. The van der Waals surface area contributed by atoms with Crippen LogP contribution in [0.15, 0.2) is 28.9 Å². The number of fused-ring (bicyclic) bond motifs is 1. The van der Waals surface area contributed by atoms with Crippen molar-refractivity contribution in [2.24, 2.45) is 0 Å². The van der Waals surface area contributed by atoms with E-state index in [0.717, 1.165) is 9.04 Å². The molecule has 0 saturated heterocycles. The Kier molecular flexibility index (Phi) is 3.35. The van der Waals surface area contributed by atoms with Gasteiger partial charge < -0.3 is 5.11 Å². The van der Waals surface area contributed by atoms with Gasteiger partial charge in [-0.2, -0.15) is 0 Å². The molecule has 2 rings (SSSR count). The van der Waals surface area contributed by atoms with E-state index in [9.17, 15) is 9.59 Å². The van der Waals surface area contributed by atoms with Crippen LogP contribution in [0.4, 0.5) is 4.79 Å². The number of hydrogen-bond acceptors (Lipinski definition) is 3. The third-order valence-corrected chi connectivity index (χ3v) is 3.02. The Bertz CT molecular complexity index is 635. The fourth-order valence-corrected chi connectivity index (χ4v) is 2.14. The summed E-state index contributed by atoms with van der Waals surface area (Å²) in [7, 11) is 0. The van der Waals surface area contributed by atoms with Crippen molar-refractivity contribution in [3.8, 4) is 0 Å². The Morgan fingerprint density at radius 1 is 1.39 bits per heavy atom. The van der Waals surface area contributed by atoms with Gasteiger partial charge in [-0.25, -0.2) is 10.3 Å². The fourth-order valence-electron chi connectivity index (χ4n) is 1.78. The Labute approximate surface area is 110 Å². The maximum Gasteiger partial charge on any atom is 0.416 e. The Balaban J connectivity index is 2.61. The fraction of sp³-hybridized carbons (Fsp3) is 0.0909. The van der Waals surface area contributed by atoms with Gasteiger partial charge in [-0.3, -0.25) is 14.6 Å². The van der Waals surface area contributed by atoms with Crippen molar-refractivity contribution >= 4 is 38.8 Å². The number of benzene rings is 1. The first-order valence-electron chi connectivity index (χ1n) is 4.98. The molecule has 0 atom stereocenters. The number of rotatable bonds is 2. The summed E-state index contributed by atoms with van der Waals surface area (Å²) >= 11 is 3.29. The molecule has 0 spiro atoms. The highest BCUT2D eigenvalue weighted by molar-refractivity contribution is 9.10. The van der Waals surface area contributed by atoms with E-state index in [1.807, 2.05) is 0 Å². The highest BCUT2D eigenvalue weighted by atomic mass is 79.9. The minimum atomic E-state index is -1.13. The Morgan fingerprint density at radius 3 is 2.72 bits per heavy atom. The van der Waals surface area contributed by atoms with Crippen molar-refractivity contribution in [1.82, 2.24) is 10.0 Å². The lowest BCUT2D eigenvalue weighted by Gasteiger charge is -1.98. The van der Waals surface area contributed by atoms with E-state index in [4.69, 9.17) is 10.3 Å².